The van der Waals surface area contributed by atoms with Crippen LogP contribution in [0.3, 0.4) is 0 Å². The van der Waals surface area contributed by atoms with Gasteiger partial charge in [0, 0.05) is 58.8 Å². The number of aromatic nitrogens is 4. The number of nitrogens with zero attached hydrogens (tertiary/aromatic N) is 6. The highest BCUT2D eigenvalue weighted by atomic mass is 35.5. The van der Waals surface area contributed by atoms with Gasteiger partial charge in [0.25, 0.3) is 0 Å². The molecule has 1 aliphatic heterocycles. The van der Waals surface area contributed by atoms with E-state index in [-0.39, 0.29) is 37.9 Å². The molecule has 1 atom stereocenters. The van der Waals surface area contributed by atoms with Crippen LogP contribution in [0.1, 0.15) is 68.1 Å². The Labute approximate surface area is 394 Å². The molecule has 65 heavy (non-hydrogen) atoms. The third-order valence-electron chi connectivity index (χ3n) is 11.2. The molecule has 0 bridgehead atoms. The number of hydrogen-bond donors (Lipinski definition) is 1. The SMILES string of the molecule is Cc1sc2c(c1C)C(c1ccc(Cl)cc1)=N[C@@H](CC(=O)Cc1ccc(OCCOCCOCCOCCNc3ccc(-c4ccc5c(c4)CC(=O)C5)c(C#N)n3)cc1)c1nnc(C)n1-2.S. The monoisotopic (exact) mass is 931 g/mol. The number of rotatable bonds is 20. The van der Waals surface area contributed by atoms with E-state index in [1.165, 1.54) is 4.88 Å². The normalized spacial score (nSPS) is 13.8. The molecule has 2 aliphatic rings. The summed E-state index contributed by atoms with van der Waals surface area (Å²) in [5.74, 6) is 2.96. The zero-order valence-corrected chi connectivity index (χ0v) is 39.1. The predicted molar refractivity (Wildman–Crippen MR) is 257 cm³/mol. The maximum atomic E-state index is 13.6. The largest absolute Gasteiger partial charge is 0.491 e. The molecule has 336 valence electrons. The van der Waals surface area contributed by atoms with Crippen LogP contribution in [0.5, 0.6) is 5.75 Å². The molecule has 0 saturated carbocycles. The van der Waals surface area contributed by atoms with Crippen molar-refractivity contribution in [3.8, 4) is 27.9 Å². The Hall–Kier alpha value is -5.73. The van der Waals surface area contributed by atoms with Crippen molar-refractivity contribution in [1.82, 2.24) is 19.7 Å². The maximum absolute atomic E-state index is 13.6. The standard InChI is InChI=1S/C49H48ClN7O6S.H2S/c1-30-31(2)64-49-46(30)47(34-8-10-38(50)11-9-34)54-43(48-56-55-32(3)57(48)49)28-39(58)24-33-4-12-41(13-5-33)63-23-22-62-21-20-61-19-18-60-17-16-52-45-15-14-42(44(29-51)53-45)36-7-6-35-26-40(59)27-37(35)25-36;/h4-15,25,43H,16-24,26-28H2,1-3H3,(H,52,53);1H2/t43-;/m0./s1. The van der Waals surface area contributed by atoms with Crippen molar-refractivity contribution in [1.29, 1.82) is 5.26 Å². The molecule has 0 amide bonds. The van der Waals surface area contributed by atoms with Crippen molar-refractivity contribution in [3.05, 3.63) is 139 Å². The lowest BCUT2D eigenvalue weighted by molar-refractivity contribution is -0.119. The maximum Gasteiger partial charge on any atom is 0.163 e. The number of anilines is 1. The smallest absolute Gasteiger partial charge is 0.163 e. The van der Waals surface area contributed by atoms with E-state index in [1.54, 1.807) is 11.3 Å². The third-order valence-corrected chi connectivity index (χ3v) is 12.6. The van der Waals surface area contributed by atoms with Crippen molar-refractivity contribution in [2.24, 2.45) is 4.99 Å². The fraction of sp³-hybridized carbons (Fsp3) is 0.327. The molecule has 1 aliphatic carbocycles. The lowest BCUT2D eigenvalue weighted by atomic mass is 9.99. The van der Waals surface area contributed by atoms with Gasteiger partial charge in [-0.15, -0.1) is 21.5 Å². The van der Waals surface area contributed by atoms with E-state index in [4.69, 9.17) is 35.5 Å². The van der Waals surface area contributed by atoms with Gasteiger partial charge in [-0.25, -0.2) is 4.98 Å². The summed E-state index contributed by atoms with van der Waals surface area (Å²) in [4.78, 5) is 36.3. The zero-order valence-electron chi connectivity index (χ0n) is 36.5. The first-order valence-corrected chi connectivity index (χ1v) is 22.5. The number of carbonyl (C=O) groups excluding carboxylic acids is 2. The molecule has 3 aromatic carbocycles. The molecule has 0 fully saturated rings. The second-order valence-electron chi connectivity index (χ2n) is 15.7. The van der Waals surface area contributed by atoms with E-state index >= 15 is 0 Å². The fourth-order valence-electron chi connectivity index (χ4n) is 7.86. The highest BCUT2D eigenvalue weighted by molar-refractivity contribution is 7.59. The number of carbonyl (C=O) groups is 2. The number of thiophene rings is 1. The van der Waals surface area contributed by atoms with Crippen LogP contribution in [0, 0.1) is 32.1 Å². The Kier molecular flexibility index (Phi) is 16.0. The Balaban J connectivity index is 0.00000630. The molecule has 6 aromatic rings. The molecule has 1 N–H and O–H groups in total. The first-order chi connectivity index (χ1) is 31.1. The quantitative estimate of drug-likeness (QED) is 0.0734. The number of ketones is 2. The van der Waals surface area contributed by atoms with Gasteiger partial charge in [-0.1, -0.05) is 54.1 Å². The van der Waals surface area contributed by atoms with Crippen LogP contribution in [-0.2, 0) is 43.1 Å². The van der Waals surface area contributed by atoms with Gasteiger partial charge < -0.3 is 24.3 Å². The highest BCUT2D eigenvalue weighted by Crippen LogP contribution is 2.40. The van der Waals surface area contributed by atoms with Crippen LogP contribution < -0.4 is 10.1 Å². The van der Waals surface area contributed by atoms with Crippen molar-refractivity contribution in [2.45, 2.75) is 52.5 Å². The van der Waals surface area contributed by atoms with Gasteiger partial charge in [0.05, 0.1) is 45.4 Å². The van der Waals surface area contributed by atoms with Gasteiger partial charge in [0.1, 0.15) is 52.7 Å². The molecule has 0 radical (unpaired) electrons. The lowest BCUT2D eigenvalue weighted by Crippen LogP contribution is -2.15. The van der Waals surface area contributed by atoms with Gasteiger partial charge >= 0.3 is 0 Å². The highest BCUT2D eigenvalue weighted by Gasteiger charge is 2.32. The summed E-state index contributed by atoms with van der Waals surface area (Å²) < 4.78 is 24.9. The minimum absolute atomic E-state index is 0. The van der Waals surface area contributed by atoms with Crippen LogP contribution in [0.4, 0.5) is 5.82 Å². The number of ether oxygens (including phenoxy) is 4. The average Bonchev–Trinajstić information content (AvgIpc) is 3.93. The van der Waals surface area contributed by atoms with E-state index in [0.29, 0.717) is 93.7 Å². The number of hydrogen-bond acceptors (Lipinski definition) is 13. The number of fused-ring (bicyclic) bond motifs is 4. The Morgan fingerprint density at radius 1 is 0.862 bits per heavy atom. The second-order valence-corrected chi connectivity index (χ2v) is 17.3. The number of aliphatic imine (C=N–C) groups is 1. The van der Waals surface area contributed by atoms with Crippen molar-refractivity contribution in [2.75, 3.05) is 58.1 Å². The molecule has 13 nitrogen and oxygen atoms in total. The van der Waals surface area contributed by atoms with Gasteiger partial charge in [-0.3, -0.25) is 19.1 Å². The molecule has 0 saturated heterocycles. The van der Waals surface area contributed by atoms with Gasteiger partial charge in [0.2, 0.25) is 0 Å². The average molecular weight is 933 g/mol. The van der Waals surface area contributed by atoms with Crippen molar-refractivity contribution < 1.29 is 28.5 Å². The van der Waals surface area contributed by atoms with Crippen molar-refractivity contribution in [3.63, 3.8) is 0 Å². The van der Waals surface area contributed by atoms with Crippen LogP contribution >= 0.6 is 36.4 Å². The van der Waals surface area contributed by atoms with Gasteiger partial charge in [-0.05, 0) is 85.0 Å². The molecule has 3 aromatic heterocycles. The molecular weight excluding hydrogens is 882 g/mol. The van der Waals surface area contributed by atoms with E-state index in [9.17, 15) is 14.9 Å². The summed E-state index contributed by atoms with van der Waals surface area (Å²) in [7, 11) is 0. The van der Waals surface area contributed by atoms with Gasteiger partial charge in [0.15, 0.2) is 11.5 Å². The summed E-state index contributed by atoms with van der Waals surface area (Å²) in [5, 5.41) is 23.5. The van der Waals surface area contributed by atoms with Crippen LogP contribution in [0.25, 0.3) is 16.1 Å². The van der Waals surface area contributed by atoms with Crippen LogP contribution in [0.2, 0.25) is 5.02 Å². The summed E-state index contributed by atoms with van der Waals surface area (Å²) >= 11 is 7.93. The summed E-state index contributed by atoms with van der Waals surface area (Å²) in [5.41, 5.74) is 8.84. The number of nitrogens with one attached hydrogen (secondary N) is 1. The molecule has 16 heteroatoms. The first-order valence-electron chi connectivity index (χ1n) is 21.3. The number of pyridine rings is 1. The fourth-order valence-corrected chi connectivity index (χ4v) is 9.20. The number of halogens is 1. The molecule has 8 rings (SSSR count). The Morgan fingerprint density at radius 3 is 2.29 bits per heavy atom. The van der Waals surface area contributed by atoms with E-state index in [0.717, 1.165) is 61.0 Å². The molecule has 0 unspecified atom stereocenters. The van der Waals surface area contributed by atoms with Gasteiger partial charge in [-0.2, -0.15) is 18.8 Å². The summed E-state index contributed by atoms with van der Waals surface area (Å²) in [6, 6.07) is 26.5. The second kappa shape index (κ2) is 22.0. The van der Waals surface area contributed by atoms with Crippen LogP contribution in [0.15, 0.2) is 83.9 Å². The first kappa shape index (κ1) is 47.2. The minimum Gasteiger partial charge on any atom is -0.491 e. The molecule has 0 spiro atoms. The summed E-state index contributed by atoms with van der Waals surface area (Å²) in [6.45, 7) is 9.60. The Morgan fingerprint density at radius 2 is 1.55 bits per heavy atom. The zero-order chi connectivity index (χ0) is 44.6. The minimum atomic E-state index is -0.513. The van der Waals surface area contributed by atoms with E-state index < -0.39 is 6.04 Å². The topological polar surface area (TPSA) is 163 Å². The number of nitriles is 1. The number of aryl methyl sites for hydroxylation is 2. The molecular formula is C49H50ClN7O6S2. The number of Topliss-reactive ketones (excluding diaryl/α,β-unsaturated/α-hetero) is 2. The predicted octanol–water partition coefficient (Wildman–Crippen LogP) is 8.26. The summed E-state index contributed by atoms with van der Waals surface area (Å²) in [6.07, 6.45) is 1.35. The lowest BCUT2D eigenvalue weighted by Gasteiger charge is -2.13. The Bertz CT molecular complexity index is 2730. The van der Waals surface area contributed by atoms with Crippen LogP contribution in [-0.4, -0.2) is 89.8 Å². The molecule has 4 heterocycles. The third kappa shape index (κ3) is 11.4. The van der Waals surface area contributed by atoms with Crippen molar-refractivity contribution >= 4 is 59.5 Å². The number of benzene rings is 3. The van der Waals surface area contributed by atoms with E-state index in [2.05, 4.69) is 45.0 Å². The van der Waals surface area contributed by atoms with E-state index in [1.807, 2.05) is 85.8 Å².